The third-order valence-electron chi connectivity index (χ3n) is 1.44. The van der Waals surface area contributed by atoms with Gasteiger partial charge in [-0.1, -0.05) is 0 Å². The molecule has 4 N–H and O–H groups in total. The number of aromatic carboxylic acids is 1. The third-order valence-corrected chi connectivity index (χ3v) is 3.00. The van der Waals surface area contributed by atoms with Gasteiger partial charge in [-0.05, 0) is 0 Å². The third kappa shape index (κ3) is 3.81. The van der Waals surface area contributed by atoms with Gasteiger partial charge < -0.3 is 10.4 Å². The SMILES string of the molecule is NS(=O)(=O)CCNc1scnc1C(=O)O. The molecule has 1 rings (SSSR count). The number of nitrogens with one attached hydrogen (secondary N) is 1. The molecule has 0 saturated carbocycles. The summed E-state index contributed by atoms with van der Waals surface area (Å²) in [6.45, 7) is 0.0569. The van der Waals surface area contributed by atoms with Gasteiger partial charge in [0.05, 0.1) is 11.3 Å². The van der Waals surface area contributed by atoms with E-state index in [0.717, 1.165) is 11.3 Å². The maximum absolute atomic E-state index is 10.6. The van der Waals surface area contributed by atoms with Crippen molar-refractivity contribution in [2.45, 2.75) is 0 Å². The first-order valence-electron chi connectivity index (χ1n) is 3.81. The smallest absolute Gasteiger partial charge is 0.357 e. The second-order valence-corrected chi connectivity index (χ2v) is 5.22. The van der Waals surface area contributed by atoms with E-state index in [2.05, 4.69) is 10.3 Å². The molecular weight excluding hydrogens is 242 g/mol. The number of sulfonamides is 1. The number of hydrogen-bond acceptors (Lipinski definition) is 6. The summed E-state index contributed by atoms with van der Waals surface area (Å²) >= 11 is 1.09. The van der Waals surface area contributed by atoms with E-state index in [1.807, 2.05) is 0 Å². The maximum Gasteiger partial charge on any atom is 0.357 e. The Kier molecular flexibility index (Phi) is 3.61. The van der Waals surface area contributed by atoms with Crippen LogP contribution in [0.1, 0.15) is 10.5 Å². The molecule has 0 aliphatic carbocycles. The number of carboxylic acid groups (broad SMARTS) is 1. The summed E-state index contributed by atoms with van der Waals surface area (Å²) in [7, 11) is -3.54. The molecule has 0 aliphatic rings. The van der Waals surface area contributed by atoms with Gasteiger partial charge in [-0.15, -0.1) is 11.3 Å². The molecule has 1 heterocycles. The summed E-state index contributed by atoms with van der Waals surface area (Å²) in [5, 5.41) is 16.4. The number of carbonyl (C=O) groups is 1. The minimum atomic E-state index is -3.54. The zero-order valence-electron chi connectivity index (χ0n) is 7.50. The van der Waals surface area contributed by atoms with Gasteiger partial charge in [0.2, 0.25) is 10.0 Å². The highest BCUT2D eigenvalue weighted by molar-refractivity contribution is 7.89. The van der Waals surface area contributed by atoms with E-state index >= 15 is 0 Å². The zero-order valence-corrected chi connectivity index (χ0v) is 9.14. The summed E-state index contributed by atoms with van der Waals surface area (Å²) < 4.78 is 21.2. The van der Waals surface area contributed by atoms with Gasteiger partial charge in [-0.25, -0.2) is 23.3 Å². The Morgan fingerprint density at radius 2 is 2.33 bits per heavy atom. The van der Waals surface area contributed by atoms with Crippen molar-refractivity contribution in [3.05, 3.63) is 11.2 Å². The number of hydrogen-bond donors (Lipinski definition) is 3. The highest BCUT2D eigenvalue weighted by Gasteiger charge is 2.13. The Labute approximate surface area is 90.0 Å². The summed E-state index contributed by atoms with van der Waals surface area (Å²) in [5.74, 6) is -1.42. The number of rotatable bonds is 5. The Bertz CT molecular complexity index is 453. The molecule has 15 heavy (non-hydrogen) atoms. The summed E-state index contributed by atoms with van der Waals surface area (Å²) in [6, 6.07) is 0. The lowest BCUT2D eigenvalue weighted by atomic mass is 10.4. The van der Waals surface area contributed by atoms with Crippen LogP contribution >= 0.6 is 11.3 Å². The lowest BCUT2D eigenvalue weighted by Crippen LogP contribution is -2.22. The largest absolute Gasteiger partial charge is 0.476 e. The molecular formula is C6H9N3O4S2. The molecule has 0 aromatic carbocycles. The first-order chi connectivity index (χ1) is 6.90. The van der Waals surface area contributed by atoms with Crippen LogP contribution in [0.4, 0.5) is 5.00 Å². The topological polar surface area (TPSA) is 122 Å². The van der Waals surface area contributed by atoms with Crippen LogP contribution in [0.2, 0.25) is 0 Å². The van der Waals surface area contributed by atoms with E-state index < -0.39 is 16.0 Å². The maximum atomic E-state index is 10.6. The van der Waals surface area contributed by atoms with E-state index in [-0.39, 0.29) is 18.0 Å². The van der Waals surface area contributed by atoms with Gasteiger partial charge in [0.1, 0.15) is 5.00 Å². The van der Waals surface area contributed by atoms with E-state index in [9.17, 15) is 13.2 Å². The molecule has 1 aromatic heterocycles. The van der Waals surface area contributed by atoms with Crippen molar-refractivity contribution < 1.29 is 18.3 Å². The van der Waals surface area contributed by atoms with Gasteiger partial charge in [-0.2, -0.15) is 0 Å². The Morgan fingerprint density at radius 3 is 2.87 bits per heavy atom. The van der Waals surface area contributed by atoms with Crippen molar-refractivity contribution in [3.8, 4) is 0 Å². The first-order valence-corrected chi connectivity index (χ1v) is 6.41. The van der Waals surface area contributed by atoms with Crippen molar-refractivity contribution in [3.63, 3.8) is 0 Å². The van der Waals surface area contributed by atoms with Crippen LogP contribution < -0.4 is 10.5 Å². The van der Waals surface area contributed by atoms with E-state index in [0.29, 0.717) is 5.00 Å². The van der Waals surface area contributed by atoms with Gasteiger partial charge >= 0.3 is 5.97 Å². The minimum Gasteiger partial charge on any atom is -0.476 e. The van der Waals surface area contributed by atoms with Crippen LogP contribution in [-0.4, -0.2) is 36.8 Å². The summed E-state index contributed by atoms with van der Waals surface area (Å²) in [4.78, 5) is 14.2. The lowest BCUT2D eigenvalue weighted by molar-refractivity contribution is 0.0692. The van der Waals surface area contributed by atoms with Gasteiger partial charge in [-0.3, -0.25) is 0 Å². The highest BCUT2D eigenvalue weighted by Crippen LogP contribution is 2.19. The average Bonchev–Trinajstić information content (AvgIpc) is 2.49. The number of carboxylic acids is 1. The summed E-state index contributed by atoms with van der Waals surface area (Å²) in [5.41, 5.74) is 1.25. The summed E-state index contributed by atoms with van der Waals surface area (Å²) in [6.07, 6.45) is 0. The van der Waals surface area contributed by atoms with Gasteiger partial charge in [0.15, 0.2) is 5.69 Å². The number of thiazole rings is 1. The fourth-order valence-corrected chi connectivity index (χ4v) is 1.92. The van der Waals surface area contributed by atoms with E-state index in [1.54, 1.807) is 0 Å². The number of nitrogens with two attached hydrogens (primary N) is 1. The first kappa shape index (κ1) is 11.9. The lowest BCUT2D eigenvalue weighted by Gasteiger charge is -2.02. The van der Waals surface area contributed by atoms with Crippen LogP contribution in [0.15, 0.2) is 5.51 Å². The van der Waals surface area contributed by atoms with Crippen LogP contribution in [-0.2, 0) is 10.0 Å². The molecule has 0 fully saturated rings. The standard InChI is InChI=1S/C6H9N3O4S2/c7-15(12,13)2-1-8-5-4(6(10)11)9-3-14-5/h3,8H,1-2H2,(H,10,11)(H2,7,12,13). The van der Waals surface area contributed by atoms with E-state index in [1.165, 1.54) is 5.51 Å². The highest BCUT2D eigenvalue weighted by atomic mass is 32.2. The molecule has 0 amide bonds. The molecule has 0 aliphatic heterocycles. The number of nitrogens with zero attached hydrogens (tertiary/aromatic N) is 1. The number of anilines is 1. The Morgan fingerprint density at radius 1 is 1.67 bits per heavy atom. The molecule has 84 valence electrons. The van der Waals surface area contributed by atoms with Gasteiger partial charge in [0, 0.05) is 6.54 Å². The van der Waals surface area contributed by atoms with E-state index in [4.69, 9.17) is 10.2 Å². The Balaban J connectivity index is 2.58. The fourth-order valence-electron chi connectivity index (χ4n) is 0.831. The van der Waals surface area contributed by atoms with Crippen molar-refractivity contribution >= 4 is 32.3 Å². The zero-order chi connectivity index (χ0) is 11.5. The quantitative estimate of drug-likeness (QED) is 0.651. The fraction of sp³-hybridized carbons (Fsp3) is 0.333. The Hall–Kier alpha value is -1.19. The number of primary sulfonamides is 1. The molecule has 0 unspecified atom stereocenters. The predicted molar refractivity (Wildman–Crippen MR) is 55.5 cm³/mol. The van der Waals surface area contributed by atoms with Crippen molar-refractivity contribution in [2.24, 2.45) is 5.14 Å². The van der Waals surface area contributed by atoms with Crippen LogP contribution in [0, 0.1) is 0 Å². The van der Waals surface area contributed by atoms with Crippen molar-refractivity contribution in [1.82, 2.24) is 4.98 Å². The molecule has 1 aromatic rings. The molecule has 0 spiro atoms. The second-order valence-electron chi connectivity index (χ2n) is 2.63. The van der Waals surface area contributed by atoms with Crippen molar-refractivity contribution in [1.29, 1.82) is 0 Å². The van der Waals surface area contributed by atoms with Crippen LogP contribution in [0.5, 0.6) is 0 Å². The minimum absolute atomic E-state index is 0.0569. The molecule has 0 bridgehead atoms. The van der Waals surface area contributed by atoms with Gasteiger partial charge in [0.25, 0.3) is 0 Å². The van der Waals surface area contributed by atoms with Crippen molar-refractivity contribution in [2.75, 3.05) is 17.6 Å². The molecule has 0 atom stereocenters. The second kappa shape index (κ2) is 4.55. The monoisotopic (exact) mass is 251 g/mol. The predicted octanol–water partition coefficient (Wildman–Crippen LogP) is -0.458. The number of aromatic nitrogens is 1. The van der Waals surface area contributed by atoms with Crippen LogP contribution in [0.25, 0.3) is 0 Å². The molecule has 9 heteroatoms. The normalized spacial score (nSPS) is 11.3. The van der Waals surface area contributed by atoms with Crippen LogP contribution in [0.3, 0.4) is 0 Å². The molecule has 0 saturated heterocycles. The molecule has 7 nitrogen and oxygen atoms in total. The molecule has 0 radical (unpaired) electrons. The average molecular weight is 251 g/mol.